The fourth-order valence-corrected chi connectivity index (χ4v) is 3.93. The Kier molecular flexibility index (Phi) is 5.37. The molecule has 5 rings (SSSR count). The summed E-state index contributed by atoms with van der Waals surface area (Å²) >= 11 is 0. The van der Waals surface area contributed by atoms with E-state index in [9.17, 15) is 4.79 Å². The van der Waals surface area contributed by atoms with E-state index in [2.05, 4.69) is 25.0 Å². The maximum atomic E-state index is 11.5. The highest BCUT2D eigenvalue weighted by Gasteiger charge is 2.23. The fourth-order valence-electron chi connectivity index (χ4n) is 3.93. The Morgan fingerprint density at radius 1 is 0.812 bits per heavy atom. The highest BCUT2D eigenvalue weighted by molar-refractivity contribution is 5.94. The lowest BCUT2D eigenvalue weighted by Crippen LogP contribution is -2.47. The second-order valence-electron chi connectivity index (χ2n) is 7.73. The predicted molar refractivity (Wildman–Crippen MR) is 124 cm³/mol. The van der Waals surface area contributed by atoms with E-state index in [4.69, 9.17) is 4.42 Å². The molecule has 3 heterocycles. The maximum Gasteiger partial charge on any atom is 0.251 e. The molecule has 0 spiro atoms. The number of anilines is 2. The summed E-state index contributed by atoms with van der Waals surface area (Å²) in [5, 5.41) is 8.51. The van der Waals surface area contributed by atoms with Crippen LogP contribution in [0.5, 0.6) is 0 Å². The molecule has 7 nitrogen and oxygen atoms in total. The van der Waals surface area contributed by atoms with Gasteiger partial charge in [0.05, 0.1) is 5.56 Å². The third-order valence-electron chi connectivity index (χ3n) is 5.68. The van der Waals surface area contributed by atoms with Crippen LogP contribution in [0.15, 0.2) is 77.3 Å². The number of Topliss-reactive ketones (excluding diaryl/α,β-unsaturated/α-hetero) is 1. The summed E-state index contributed by atoms with van der Waals surface area (Å²) in [6.45, 7) is 4.93. The van der Waals surface area contributed by atoms with E-state index in [0.717, 1.165) is 54.4 Å². The first-order valence-corrected chi connectivity index (χ1v) is 10.6. The molecule has 1 fully saturated rings. The molecule has 7 heteroatoms. The Balaban J connectivity index is 1.33. The van der Waals surface area contributed by atoms with E-state index in [-0.39, 0.29) is 5.78 Å². The van der Waals surface area contributed by atoms with Crippen LogP contribution < -0.4 is 9.80 Å². The summed E-state index contributed by atoms with van der Waals surface area (Å²) in [5.74, 6) is 1.89. The molecule has 0 N–H and O–H groups in total. The minimum atomic E-state index is 0.0838. The lowest BCUT2D eigenvalue weighted by molar-refractivity contribution is 0.101. The number of benzene rings is 2. The van der Waals surface area contributed by atoms with Gasteiger partial charge in [0.15, 0.2) is 5.78 Å². The quantitative estimate of drug-likeness (QED) is 0.441. The zero-order valence-corrected chi connectivity index (χ0v) is 17.8. The maximum absolute atomic E-state index is 11.5. The van der Waals surface area contributed by atoms with Gasteiger partial charge in [0.25, 0.3) is 5.89 Å². The lowest BCUT2D eigenvalue weighted by Gasteiger charge is -2.37. The Morgan fingerprint density at radius 2 is 1.50 bits per heavy atom. The number of carbonyl (C=O) groups is 1. The number of hydrogen-bond donors (Lipinski definition) is 0. The fraction of sp³-hybridized carbons (Fsp3) is 0.200. The van der Waals surface area contributed by atoms with Gasteiger partial charge in [0, 0.05) is 49.2 Å². The van der Waals surface area contributed by atoms with E-state index in [1.807, 2.05) is 66.7 Å². The molecule has 0 atom stereocenters. The Labute approximate surface area is 186 Å². The summed E-state index contributed by atoms with van der Waals surface area (Å²) in [7, 11) is 0. The standard InChI is InChI=1S/C25H23N5O2/c1-18(31)19-9-11-21(12-10-19)29-14-16-30(17-15-29)23-22(8-5-13-26-23)25-28-27-24(32-25)20-6-3-2-4-7-20/h2-13H,14-17H2,1H3. The van der Waals surface area contributed by atoms with Crippen LogP contribution in [0.1, 0.15) is 17.3 Å². The van der Waals surface area contributed by atoms with Crippen molar-refractivity contribution < 1.29 is 9.21 Å². The summed E-state index contributed by atoms with van der Waals surface area (Å²) in [6.07, 6.45) is 1.79. The molecular formula is C25H23N5O2. The average molecular weight is 425 g/mol. The zero-order chi connectivity index (χ0) is 21.9. The Hall–Kier alpha value is -4.00. The molecule has 0 aliphatic carbocycles. The Morgan fingerprint density at radius 3 is 2.22 bits per heavy atom. The zero-order valence-electron chi connectivity index (χ0n) is 17.8. The molecule has 2 aromatic heterocycles. The molecule has 1 aliphatic rings. The summed E-state index contributed by atoms with van der Waals surface area (Å²) < 4.78 is 5.98. The van der Waals surface area contributed by atoms with E-state index in [1.54, 1.807) is 13.1 Å². The van der Waals surface area contributed by atoms with Crippen LogP contribution in [0, 0.1) is 0 Å². The van der Waals surface area contributed by atoms with Crippen molar-refractivity contribution in [1.29, 1.82) is 0 Å². The molecular weight excluding hydrogens is 402 g/mol. The number of aromatic nitrogens is 3. The van der Waals surface area contributed by atoms with Crippen molar-refractivity contribution in [3.63, 3.8) is 0 Å². The van der Waals surface area contributed by atoms with Crippen LogP contribution >= 0.6 is 0 Å². The number of nitrogens with zero attached hydrogens (tertiary/aromatic N) is 5. The molecule has 1 aliphatic heterocycles. The van der Waals surface area contributed by atoms with Crippen molar-refractivity contribution in [1.82, 2.24) is 15.2 Å². The van der Waals surface area contributed by atoms with Crippen LogP contribution in [0.25, 0.3) is 22.9 Å². The van der Waals surface area contributed by atoms with Crippen molar-refractivity contribution in [2.24, 2.45) is 0 Å². The van der Waals surface area contributed by atoms with Crippen molar-refractivity contribution in [2.75, 3.05) is 36.0 Å². The highest BCUT2D eigenvalue weighted by Crippen LogP contribution is 2.31. The second kappa shape index (κ2) is 8.63. The van der Waals surface area contributed by atoms with Crippen LogP contribution in [0.4, 0.5) is 11.5 Å². The SMILES string of the molecule is CC(=O)c1ccc(N2CCN(c3ncccc3-c3nnc(-c4ccccc4)o3)CC2)cc1. The minimum absolute atomic E-state index is 0.0838. The number of hydrogen-bond acceptors (Lipinski definition) is 7. The van der Waals surface area contributed by atoms with Gasteiger partial charge >= 0.3 is 0 Å². The van der Waals surface area contributed by atoms with Gasteiger partial charge in [-0.05, 0) is 55.5 Å². The molecule has 160 valence electrons. The molecule has 2 aromatic carbocycles. The van der Waals surface area contributed by atoms with Crippen molar-refractivity contribution in [3.05, 3.63) is 78.5 Å². The van der Waals surface area contributed by atoms with Gasteiger partial charge in [-0.15, -0.1) is 10.2 Å². The summed E-state index contributed by atoms with van der Waals surface area (Å²) in [6, 6.07) is 21.4. The van der Waals surface area contributed by atoms with E-state index in [0.29, 0.717) is 11.8 Å². The van der Waals surface area contributed by atoms with Gasteiger partial charge in [-0.3, -0.25) is 4.79 Å². The second-order valence-corrected chi connectivity index (χ2v) is 7.73. The monoisotopic (exact) mass is 425 g/mol. The van der Waals surface area contributed by atoms with Crippen molar-refractivity contribution in [2.45, 2.75) is 6.92 Å². The molecule has 32 heavy (non-hydrogen) atoms. The third-order valence-corrected chi connectivity index (χ3v) is 5.68. The Bertz CT molecular complexity index is 1210. The average Bonchev–Trinajstić information content (AvgIpc) is 3.35. The number of ketones is 1. The molecule has 4 aromatic rings. The van der Waals surface area contributed by atoms with E-state index < -0.39 is 0 Å². The van der Waals surface area contributed by atoms with Gasteiger partial charge in [-0.2, -0.15) is 0 Å². The predicted octanol–water partition coefficient (Wildman–Crippen LogP) is 4.33. The largest absolute Gasteiger partial charge is 0.416 e. The molecule has 0 amide bonds. The molecule has 0 unspecified atom stereocenters. The smallest absolute Gasteiger partial charge is 0.251 e. The topological polar surface area (TPSA) is 75.4 Å². The molecule has 0 radical (unpaired) electrons. The van der Waals surface area contributed by atoms with Gasteiger partial charge < -0.3 is 14.2 Å². The third kappa shape index (κ3) is 3.97. The normalized spacial score (nSPS) is 13.9. The first kappa shape index (κ1) is 19.9. The van der Waals surface area contributed by atoms with Gasteiger partial charge in [-0.1, -0.05) is 18.2 Å². The molecule has 0 bridgehead atoms. The highest BCUT2D eigenvalue weighted by atomic mass is 16.4. The molecule has 1 saturated heterocycles. The van der Waals surface area contributed by atoms with E-state index >= 15 is 0 Å². The van der Waals surface area contributed by atoms with Gasteiger partial charge in [0.2, 0.25) is 5.89 Å². The van der Waals surface area contributed by atoms with Crippen molar-refractivity contribution in [3.8, 4) is 22.9 Å². The van der Waals surface area contributed by atoms with Crippen LogP contribution in [0.2, 0.25) is 0 Å². The summed E-state index contributed by atoms with van der Waals surface area (Å²) in [4.78, 5) is 20.7. The van der Waals surface area contributed by atoms with Crippen LogP contribution in [0.3, 0.4) is 0 Å². The van der Waals surface area contributed by atoms with Crippen molar-refractivity contribution >= 4 is 17.3 Å². The lowest BCUT2D eigenvalue weighted by atomic mass is 10.1. The van der Waals surface area contributed by atoms with E-state index in [1.165, 1.54) is 0 Å². The number of pyridine rings is 1. The molecule has 0 saturated carbocycles. The first-order chi connectivity index (χ1) is 15.7. The van der Waals surface area contributed by atoms with Crippen LogP contribution in [-0.2, 0) is 0 Å². The number of rotatable bonds is 5. The first-order valence-electron chi connectivity index (χ1n) is 10.6. The van der Waals surface area contributed by atoms with Crippen LogP contribution in [-0.4, -0.2) is 47.1 Å². The van der Waals surface area contributed by atoms with Gasteiger partial charge in [-0.25, -0.2) is 4.98 Å². The minimum Gasteiger partial charge on any atom is -0.416 e. The van der Waals surface area contributed by atoms with Gasteiger partial charge in [0.1, 0.15) is 5.82 Å². The summed E-state index contributed by atoms with van der Waals surface area (Å²) in [5.41, 5.74) is 3.59. The number of carbonyl (C=O) groups excluding carboxylic acids is 1. The number of piperazine rings is 1.